The van der Waals surface area contributed by atoms with Gasteiger partial charge in [0.15, 0.2) is 0 Å². The summed E-state index contributed by atoms with van der Waals surface area (Å²) in [6.07, 6.45) is 1.69. The van der Waals surface area contributed by atoms with E-state index in [-0.39, 0.29) is 31.6 Å². The molecule has 1 aliphatic heterocycles. The molecule has 17 heavy (non-hydrogen) atoms. The summed E-state index contributed by atoms with van der Waals surface area (Å²) in [7, 11) is 0. The van der Waals surface area contributed by atoms with Gasteiger partial charge in [-0.05, 0) is 19.8 Å². The minimum Gasteiger partial charge on any atom is -0.393 e. The SMILES string of the molecule is CC(O)(CO)CNCC(=O)NC1CCOCC1. The topological polar surface area (TPSA) is 90.8 Å². The van der Waals surface area contributed by atoms with Crippen molar-refractivity contribution in [1.82, 2.24) is 10.6 Å². The maximum Gasteiger partial charge on any atom is 0.234 e. The quantitative estimate of drug-likeness (QED) is 0.463. The van der Waals surface area contributed by atoms with Crippen molar-refractivity contribution in [2.75, 3.05) is 32.9 Å². The molecule has 4 N–H and O–H groups in total. The Labute approximate surface area is 101 Å². The molecular formula is C11H22N2O4. The number of amides is 1. The molecule has 0 aromatic carbocycles. The molecule has 0 radical (unpaired) electrons. The van der Waals surface area contributed by atoms with Crippen LogP contribution in [0.25, 0.3) is 0 Å². The molecule has 1 aliphatic rings. The van der Waals surface area contributed by atoms with Gasteiger partial charge in [-0.25, -0.2) is 0 Å². The van der Waals surface area contributed by atoms with Crippen molar-refractivity contribution >= 4 is 5.91 Å². The molecule has 6 heteroatoms. The summed E-state index contributed by atoms with van der Waals surface area (Å²) in [6.45, 7) is 2.89. The van der Waals surface area contributed by atoms with Crippen molar-refractivity contribution in [1.29, 1.82) is 0 Å². The maximum absolute atomic E-state index is 11.5. The van der Waals surface area contributed by atoms with Crippen LogP contribution in [0.15, 0.2) is 0 Å². The average Bonchev–Trinajstić information content (AvgIpc) is 2.30. The van der Waals surface area contributed by atoms with Crippen LogP contribution in [-0.2, 0) is 9.53 Å². The molecule has 1 atom stereocenters. The van der Waals surface area contributed by atoms with Gasteiger partial charge >= 0.3 is 0 Å². The number of ether oxygens (including phenoxy) is 1. The van der Waals surface area contributed by atoms with Crippen LogP contribution in [0, 0.1) is 0 Å². The van der Waals surface area contributed by atoms with E-state index in [1.54, 1.807) is 0 Å². The minimum absolute atomic E-state index is 0.0920. The number of aliphatic hydroxyl groups is 2. The Balaban J connectivity index is 2.12. The van der Waals surface area contributed by atoms with Crippen LogP contribution in [0.1, 0.15) is 19.8 Å². The first-order valence-electron chi connectivity index (χ1n) is 5.94. The van der Waals surface area contributed by atoms with Gasteiger partial charge in [-0.15, -0.1) is 0 Å². The van der Waals surface area contributed by atoms with Gasteiger partial charge in [0.05, 0.1) is 18.8 Å². The van der Waals surface area contributed by atoms with Gasteiger partial charge in [-0.1, -0.05) is 0 Å². The Morgan fingerprint density at radius 2 is 2.12 bits per heavy atom. The van der Waals surface area contributed by atoms with E-state index in [1.807, 2.05) is 0 Å². The first-order chi connectivity index (χ1) is 8.03. The number of aliphatic hydroxyl groups excluding tert-OH is 1. The molecule has 1 heterocycles. The van der Waals surface area contributed by atoms with Crippen molar-refractivity contribution in [3.8, 4) is 0 Å². The smallest absolute Gasteiger partial charge is 0.234 e. The van der Waals surface area contributed by atoms with E-state index in [9.17, 15) is 9.90 Å². The molecule has 0 spiro atoms. The summed E-state index contributed by atoms with van der Waals surface area (Å²) in [5.74, 6) is -0.0920. The summed E-state index contributed by atoms with van der Waals surface area (Å²) in [5, 5.41) is 24.0. The van der Waals surface area contributed by atoms with Gasteiger partial charge in [0, 0.05) is 25.8 Å². The molecule has 100 valence electrons. The summed E-state index contributed by atoms with van der Waals surface area (Å²) in [6, 6.07) is 0.191. The van der Waals surface area contributed by atoms with Gasteiger partial charge in [-0.3, -0.25) is 4.79 Å². The van der Waals surface area contributed by atoms with Crippen LogP contribution in [0.3, 0.4) is 0 Å². The Hall–Kier alpha value is -0.690. The maximum atomic E-state index is 11.5. The van der Waals surface area contributed by atoms with E-state index in [2.05, 4.69) is 10.6 Å². The molecule has 1 rings (SSSR count). The van der Waals surface area contributed by atoms with Gasteiger partial charge in [0.25, 0.3) is 0 Å². The molecule has 0 saturated carbocycles. The summed E-state index contributed by atoms with van der Waals surface area (Å²) < 4.78 is 5.19. The molecular weight excluding hydrogens is 224 g/mol. The molecule has 6 nitrogen and oxygen atoms in total. The number of hydrogen-bond acceptors (Lipinski definition) is 5. The Kier molecular flexibility index (Phi) is 5.84. The molecule has 1 fully saturated rings. The predicted octanol–water partition coefficient (Wildman–Crippen LogP) is -1.39. The van der Waals surface area contributed by atoms with E-state index >= 15 is 0 Å². The van der Waals surface area contributed by atoms with Crippen LogP contribution in [0.5, 0.6) is 0 Å². The van der Waals surface area contributed by atoms with Crippen molar-refractivity contribution in [3.05, 3.63) is 0 Å². The number of carbonyl (C=O) groups is 1. The van der Waals surface area contributed by atoms with E-state index in [0.717, 1.165) is 12.8 Å². The van der Waals surface area contributed by atoms with Crippen LogP contribution in [-0.4, -0.2) is 60.7 Å². The van der Waals surface area contributed by atoms with Crippen molar-refractivity contribution in [2.45, 2.75) is 31.4 Å². The molecule has 1 saturated heterocycles. The fourth-order valence-corrected chi connectivity index (χ4v) is 1.62. The minimum atomic E-state index is -1.18. The van der Waals surface area contributed by atoms with E-state index in [1.165, 1.54) is 6.92 Å². The third-order valence-corrected chi connectivity index (χ3v) is 2.72. The van der Waals surface area contributed by atoms with E-state index in [4.69, 9.17) is 9.84 Å². The zero-order valence-corrected chi connectivity index (χ0v) is 10.2. The van der Waals surface area contributed by atoms with Gasteiger partial charge < -0.3 is 25.6 Å². The lowest BCUT2D eigenvalue weighted by Crippen LogP contribution is -2.47. The van der Waals surface area contributed by atoms with Crippen molar-refractivity contribution in [3.63, 3.8) is 0 Å². The molecule has 0 aliphatic carbocycles. The predicted molar refractivity (Wildman–Crippen MR) is 62.6 cm³/mol. The summed E-state index contributed by atoms with van der Waals surface area (Å²) >= 11 is 0. The first kappa shape index (κ1) is 14.4. The molecule has 1 unspecified atom stereocenters. The highest BCUT2D eigenvalue weighted by molar-refractivity contribution is 5.78. The molecule has 1 amide bonds. The lowest BCUT2D eigenvalue weighted by Gasteiger charge is -2.24. The highest BCUT2D eigenvalue weighted by Gasteiger charge is 2.19. The van der Waals surface area contributed by atoms with E-state index < -0.39 is 5.60 Å². The third-order valence-electron chi connectivity index (χ3n) is 2.72. The molecule has 0 bridgehead atoms. The van der Waals surface area contributed by atoms with Crippen LogP contribution in [0.2, 0.25) is 0 Å². The zero-order valence-electron chi connectivity index (χ0n) is 10.2. The first-order valence-corrected chi connectivity index (χ1v) is 5.94. The highest BCUT2D eigenvalue weighted by Crippen LogP contribution is 2.05. The monoisotopic (exact) mass is 246 g/mol. The summed E-state index contributed by atoms with van der Waals surface area (Å²) in [4.78, 5) is 11.5. The van der Waals surface area contributed by atoms with Gasteiger partial charge in [0.1, 0.15) is 0 Å². The highest BCUT2D eigenvalue weighted by atomic mass is 16.5. The fraction of sp³-hybridized carbons (Fsp3) is 0.909. The molecule has 0 aromatic heterocycles. The second-order valence-corrected chi connectivity index (χ2v) is 4.71. The van der Waals surface area contributed by atoms with E-state index in [0.29, 0.717) is 13.2 Å². The zero-order chi connectivity index (χ0) is 12.7. The van der Waals surface area contributed by atoms with Gasteiger partial charge in [-0.2, -0.15) is 0 Å². The number of carbonyl (C=O) groups excluding carboxylic acids is 1. The Bertz CT molecular complexity index is 240. The van der Waals surface area contributed by atoms with Crippen LogP contribution >= 0.6 is 0 Å². The Morgan fingerprint density at radius 1 is 1.47 bits per heavy atom. The second-order valence-electron chi connectivity index (χ2n) is 4.71. The second kappa shape index (κ2) is 6.90. The lowest BCUT2D eigenvalue weighted by molar-refractivity contribution is -0.121. The van der Waals surface area contributed by atoms with Crippen LogP contribution < -0.4 is 10.6 Å². The normalized spacial score (nSPS) is 20.9. The third kappa shape index (κ3) is 5.97. The summed E-state index contributed by atoms with van der Waals surface area (Å²) in [5.41, 5.74) is -1.18. The number of nitrogens with one attached hydrogen (secondary N) is 2. The van der Waals surface area contributed by atoms with Crippen molar-refractivity contribution in [2.24, 2.45) is 0 Å². The fourth-order valence-electron chi connectivity index (χ4n) is 1.62. The number of rotatable bonds is 6. The Morgan fingerprint density at radius 3 is 2.71 bits per heavy atom. The average molecular weight is 246 g/mol. The lowest BCUT2D eigenvalue weighted by atomic mass is 10.1. The largest absolute Gasteiger partial charge is 0.393 e. The van der Waals surface area contributed by atoms with Crippen molar-refractivity contribution < 1.29 is 19.7 Å². The molecule has 0 aromatic rings. The number of hydrogen-bond donors (Lipinski definition) is 4. The van der Waals surface area contributed by atoms with Gasteiger partial charge in [0.2, 0.25) is 5.91 Å². The van der Waals surface area contributed by atoms with Crippen LogP contribution in [0.4, 0.5) is 0 Å². The standard InChI is InChI=1S/C11H22N2O4/c1-11(16,8-14)7-12-6-10(15)13-9-2-4-17-5-3-9/h9,12,14,16H,2-8H2,1H3,(H,13,15).